The molecule has 0 aliphatic carbocycles. The number of likely N-dealkylation sites (tertiary alicyclic amines) is 1. The van der Waals surface area contributed by atoms with Gasteiger partial charge in [0.15, 0.2) is 0 Å². The van der Waals surface area contributed by atoms with E-state index < -0.39 is 0 Å². The molecule has 1 aromatic heterocycles. The third kappa shape index (κ3) is 4.79. The molecule has 3 saturated heterocycles. The number of aryl methyl sites for hydroxylation is 1. The van der Waals surface area contributed by atoms with Gasteiger partial charge in [-0.25, -0.2) is 4.98 Å². The molecule has 0 radical (unpaired) electrons. The van der Waals surface area contributed by atoms with Crippen LogP contribution in [0, 0.1) is 6.92 Å². The third-order valence-electron chi connectivity index (χ3n) is 10.5. The van der Waals surface area contributed by atoms with Gasteiger partial charge in [-0.3, -0.25) is 9.69 Å². The number of halogens is 1. The Hall–Kier alpha value is -3.35. The van der Waals surface area contributed by atoms with Gasteiger partial charge >= 0.3 is 0 Å². The molecule has 3 aliphatic heterocycles. The monoisotopic (exact) mass is 582 g/mol. The van der Waals surface area contributed by atoms with E-state index in [0.29, 0.717) is 31.2 Å². The quantitative estimate of drug-likeness (QED) is 0.262. The Morgan fingerprint density at radius 3 is 2.36 bits per heavy atom. The van der Waals surface area contributed by atoms with Crippen LogP contribution in [0.2, 0.25) is 5.02 Å². The highest BCUT2D eigenvalue weighted by molar-refractivity contribution is 6.32. The van der Waals surface area contributed by atoms with Crippen LogP contribution < -0.4 is 0 Å². The number of amides is 1. The van der Waals surface area contributed by atoms with Gasteiger partial charge in [0.1, 0.15) is 11.6 Å². The number of benzene rings is 3. The summed E-state index contributed by atoms with van der Waals surface area (Å²) in [5, 5.41) is 10.6. The van der Waals surface area contributed by atoms with Gasteiger partial charge in [0.2, 0.25) is 0 Å². The number of nitrogens with zero attached hydrogens (tertiary/aromatic N) is 4. The number of rotatable bonds is 6. The molecule has 3 atom stereocenters. The van der Waals surface area contributed by atoms with Crippen molar-refractivity contribution in [3.8, 4) is 5.75 Å². The fourth-order valence-corrected chi connectivity index (χ4v) is 8.44. The van der Waals surface area contributed by atoms with Gasteiger partial charge in [-0.15, -0.1) is 0 Å². The Balaban J connectivity index is 1.07. The molecule has 7 rings (SSSR count). The SMILES string of the molecule is Cc1nc2ccccc2n1[C@H]1C[C@H]2CC[C@@H](C1)N2CCC1(c2ccccc2)CCN(C(=O)c2cccc(Cl)c2O)CC1. The average molecular weight is 583 g/mol. The number of carbonyl (C=O) groups excluding carboxylic acids is 1. The van der Waals surface area contributed by atoms with Crippen molar-refractivity contribution >= 4 is 28.5 Å². The molecule has 1 N–H and O–H groups in total. The number of imidazole rings is 1. The molecule has 3 aliphatic rings. The number of aromatic hydroxyl groups is 1. The Morgan fingerprint density at radius 2 is 1.62 bits per heavy atom. The molecule has 3 fully saturated rings. The molecule has 4 heterocycles. The van der Waals surface area contributed by atoms with Crippen LogP contribution in [0.15, 0.2) is 72.8 Å². The van der Waals surface area contributed by atoms with E-state index in [1.807, 2.05) is 4.90 Å². The maximum absolute atomic E-state index is 13.3. The summed E-state index contributed by atoms with van der Waals surface area (Å²) in [4.78, 5) is 22.9. The first-order valence-corrected chi connectivity index (χ1v) is 15.8. The molecule has 1 amide bonds. The molecule has 4 aromatic rings. The minimum Gasteiger partial charge on any atom is -0.506 e. The summed E-state index contributed by atoms with van der Waals surface area (Å²) in [5.41, 5.74) is 4.07. The van der Waals surface area contributed by atoms with Crippen molar-refractivity contribution in [2.45, 2.75) is 75.4 Å². The van der Waals surface area contributed by atoms with Gasteiger partial charge in [0.25, 0.3) is 5.91 Å². The number of aromatic nitrogens is 2. The van der Waals surface area contributed by atoms with E-state index >= 15 is 0 Å². The molecule has 3 aromatic carbocycles. The van der Waals surface area contributed by atoms with Crippen LogP contribution in [0.4, 0.5) is 0 Å². The lowest BCUT2D eigenvalue weighted by atomic mass is 9.70. The highest BCUT2D eigenvalue weighted by Gasteiger charge is 2.44. The number of fused-ring (bicyclic) bond motifs is 3. The Bertz CT molecular complexity index is 1580. The van der Waals surface area contributed by atoms with Crippen LogP contribution in [0.5, 0.6) is 5.75 Å². The molecular weight excluding hydrogens is 544 g/mol. The Labute approximate surface area is 252 Å². The zero-order valence-electron chi connectivity index (χ0n) is 24.3. The number of hydrogen-bond acceptors (Lipinski definition) is 4. The van der Waals surface area contributed by atoms with E-state index in [1.54, 1.807) is 18.2 Å². The standard InChI is InChI=1S/C35H39ClN4O2/c1-24-37-31-12-5-6-13-32(31)40(24)28-22-26-14-15-27(23-28)39(26)21-18-35(25-8-3-2-4-9-25)16-19-38(20-17-35)34(42)29-10-7-11-30(36)33(29)41/h2-13,26-28,41H,14-23H2,1H3/t26-,27+,28+. The largest absolute Gasteiger partial charge is 0.506 e. The Morgan fingerprint density at radius 1 is 0.929 bits per heavy atom. The topological polar surface area (TPSA) is 61.6 Å². The van der Waals surface area contributed by atoms with Gasteiger partial charge in [0.05, 0.1) is 21.6 Å². The second kappa shape index (κ2) is 11.1. The zero-order chi connectivity index (χ0) is 28.8. The minimum atomic E-state index is -0.140. The lowest BCUT2D eigenvalue weighted by molar-refractivity contribution is 0.0604. The van der Waals surface area contributed by atoms with E-state index in [9.17, 15) is 9.90 Å². The smallest absolute Gasteiger partial charge is 0.257 e. The molecule has 6 nitrogen and oxygen atoms in total. The highest BCUT2D eigenvalue weighted by atomic mass is 35.5. The van der Waals surface area contributed by atoms with Crippen LogP contribution >= 0.6 is 11.6 Å². The van der Waals surface area contributed by atoms with Crippen LogP contribution in [-0.2, 0) is 5.41 Å². The van der Waals surface area contributed by atoms with Gasteiger partial charge in [-0.05, 0) is 93.7 Å². The molecule has 2 bridgehead atoms. The average Bonchev–Trinajstić information content (AvgIpc) is 3.48. The molecular formula is C35H39ClN4O2. The first-order chi connectivity index (χ1) is 20.4. The number of hydrogen-bond donors (Lipinski definition) is 1. The van der Waals surface area contributed by atoms with E-state index in [1.165, 1.54) is 36.8 Å². The second-order valence-corrected chi connectivity index (χ2v) is 13.0. The Kier molecular flexibility index (Phi) is 7.23. The second-order valence-electron chi connectivity index (χ2n) is 12.6. The van der Waals surface area contributed by atoms with Crippen molar-refractivity contribution < 1.29 is 9.90 Å². The van der Waals surface area contributed by atoms with Crippen molar-refractivity contribution in [2.24, 2.45) is 0 Å². The third-order valence-corrected chi connectivity index (χ3v) is 10.8. The predicted molar refractivity (Wildman–Crippen MR) is 167 cm³/mol. The normalized spacial score (nSPS) is 23.9. The fourth-order valence-electron chi connectivity index (χ4n) is 8.26. The number of piperidine rings is 2. The molecule has 42 heavy (non-hydrogen) atoms. The predicted octanol–water partition coefficient (Wildman–Crippen LogP) is 7.14. The van der Waals surface area contributed by atoms with Crippen molar-refractivity contribution in [3.63, 3.8) is 0 Å². The number of phenolic OH excluding ortho intramolecular Hbond substituents is 1. The van der Waals surface area contributed by atoms with Gasteiger partial charge < -0.3 is 14.6 Å². The van der Waals surface area contributed by atoms with Crippen molar-refractivity contribution in [1.82, 2.24) is 19.4 Å². The summed E-state index contributed by atoms with van der Waals surface area (Å²) in [6.45, 7) is 4.58. The zero-order valence-corrected chi connectivity index (χ0v) is 25.0. The first-order valence-electron chi connectivity index (χ1n) is 15.5. The fraction of sp³-hybridized carbons (Fsp3) is 0.429. The molecule has 7 heteroatoms. The molecule has 0 unspecified atom stereocenters. The summed E-state index contributed by atoms with van der Waals surface area (Å²) >= 11 is 6.11. The van der Waals surface area contributed by atoms with E-state index in [-0.39, 0.29) is 27.7 Å². The van der Waals surface area contributed by atoms with Crippen molar-refractivity contribution in [3.05, 3.63) is 94.8 Å². The van der Waals surface area contributed by atoms with Crippen molar-refractivity contribution in [1.29, 1.82) is 0 Å². The summed E-state index contributed by atoms with van der Waals surface area (Å²) in [5.74, 6) is 0.866. The van der Waals surface area contributed by atoms with E-state index in [0.717, 1.165) is 37.1 Å². The number of carbonyl (C=O) groups is 1. The molecule has 218 valence electrons. The molecule has 0 spiro atoms. The maximum atomic E-state index is 13.3. The van der Waals surface area contributed by atoms with Gasteiger partial charge in [-0.2, -0.15) is 0 Å². The van der Waals surface area contributed by atoms with Crippen molar-refractivity contribution in [2.75, 3.05) is 19.6 Å². The summed E-state index contributed by atoms with van der Waals surface area (Å²) in [6, 6.07) is 26.2. The number of para-hydroxylation sites is 3. The van der Waals surface area contributed by atoms with Crippen LogP contribution in [0.3, 0.4) is 0 Å². The van der Waals surface area contributed by atoms with Crippen LogP contribution in [0.25, 0.3) is 11.0 Å². The molecule has 0 saturated carbocycles. The van der Waals surface area contributed by atoms with E-state index in [2.05, 4.69) is 71.0 Å². The lowest BCUT2D eigenvalue weighted by Gasteiger charge is -2.45. The summed E-state index contributed by atoms with van der Waals surface area (Å²) in [7, 11) is 0. The van der Waals surface area contributed by atoms with Crippen LogP contribution in [-0.4, -0.2) is 62.1 Å². The summed E-state index contributed by atoms with van der Waals surface area (Å²) in [6.07, 6.45) is 7.83. The minimum absolute atomic E-state index is 0.0296. The maximum Gasteiger partial charge on any atom is 0.257 e. The highest BCUT2D eigenvalue weighted by Crippen LogP contribution is 2.45. The first kappa shape index (κ1) is 27.5. The number of phenols is 1. The lowest BCUT2D eigenvalue weighted by Crippen LogP contribution is -2.49. The van der Waals surface area contributed by atoms with Gasteiger partial charge in [-0.1, -0.05) is 60.1 Å². The van der Waals surface area contributed by atoms with Gasteiger partial charge in [0, 0.05) is 31.2 Å². The van der Waals surface area contributed by atoms with E-state index in [4.69, 9.17) is 16.6 Å². The summed E-state index contributed by atoms with van der Waals surface area (Å²) < 4.78 is 2.51. The van der Waals surface area contributed by atoms with Crippen LogP contribution in [0.1, 0.15) is 72.7 Å².